The summed E-state index contributed by atoms with van der Waals surface area (Å²) >= 11 is 12.0. The molecule has 2 aromatic carbocycles. The highest BCUT2D eigenvalue weighted by atomic mass is 35.5. The van der Waals surface area contributed by atoms with Gasteiger partial charge in [0.25, 0.3) is 0 Å². The molecule has 3 aliphatic rings. The topological polar surface area (TPSA) is 99.7 Å². The first-order chi connectivity index (χ1) is 19.2. The summed E-state index contributed by atoms with van der Waals surface area (Å²) in [5, 5.41) is 2.60. The Morgan fingerprint density at radius 3 is 2.58 bits per heavy atom. The lowest BCUT2D eigenvalue weighted by Crippen LogP contribution is -2.55. The molecule has 1 unspecified atom stereocenters. The first-order valence-corrected chi connectivity index (χ1v) is 15.8. The van der Waals surface area contributed by atoms with Crippen LogP contribution in [0.15, 0.2) is 59.6 Å². The van der Waals surface area contributed by atoms with Crippen molar-refractivity contribution in [1.29, 1.82) is 0 Å². The van der Waals surface area contributed by atoms with E-state index in [1.807, 2.05) is 17.2 Å². The Morgan fingerprint density at radius 2 is 1.77 bits per heavy atom. The maximum atomic E-state index is 13.4. The second kappa shape index (κ2) is 10.9. The van der Waals surface area contributed by atoms with E-state index in [0.717, 1.165) is 35.6 Å². The Morgan fingerprint density at radius 1 is 1.00 bits per heavy atom. The van der Waals surface area contributed by atoms with Gasteiger partial charge in [0.05, 0.1) is 11.4 Å². The number of piperidine rings is 1. The first kappa shape index (κ1) is 27.4. The SMILES string of the molecule is O=C1[C@@H](NS(=O)(=O)c2ccc3cc(Cl)ccc3c2)CCCN1CC(=O)N1CCC[C@H]1C1C[C@H]1c1ccc(Cl)nc1. The summed E-state index contributed by atoms with van der Waals surface area (Å²) in [5.74, 6) is 0.310. The van der Waals surface area contributed by atoms with Crippen LogP contribution >= 0.6 is 23.2 Å². The number of nitrogens with one attached hydrogen (secondary N) is 1. The van der Waals surface area contributed by atoms with Crippen LogP contribution in [0.25, 0.3) is 10.8 Å². The van der Waals surface area contributed by atoms with Crippen LogP contribution in [-0.4, -0.2) is 66.7 Å². The highest BCUT2D eigenvalue weighted by Crippen LogP contribution is 2.52. The molecular formula is C29H30Cl2N4O4S. The number of aromatic nitrogens is 1. The van der Waals surface area contributed by atoms with Gasteiger partial charge in [0.15, 0.2) is 0 Å². The number of nitrogens with zero attached hydrogens (tertiary/aromatic N) is 3. The molecule has 1 aromatic heterocycles. The van der Waals surface area contributed by atoms with Gasteiger partial charge in [0.1, 0.15) is 11.2 Å². The lowest BCUT2D eigenvalue weighted by atomic mass is 10.0. The van der Waals surface area contributed by atoms with E-state index in [1.165, 1.54) is 11.0 Å². The monoisotopic (exact) mass is 600 g/mol. The van der Waals surface area contributed by atoms with E-state index in [4.69, 9.17) is 23.2 Å². The van der Waals surface area contributed by atoms with Crippen LogP contribution in [0.3, 0.4) is 0 Å². The number of carbonyl (C=O) groups excluding carboxylic acids is 2. The largest absolute Gasteiger partial charge is 0.338 e. The van der Waals surface area contributed by atoms with Crippen molar-refractivity contribution in [3.8, 4) is 0 Å². The van der Waals surface area contributed by atoms with Gasteiger partial charge in [0, 0.05) is 30.4 Å². The molecule has 1 N–H and O–H groups in total. The molecule has 40 heavy (non-hydrogen) atoms. The Hall–Kier alpha value is -2.72. The van der Waals surface area contributed by atoms with E-state index in [9.17, 15) is 18.0 Å². The second-order valence-electron chi connectivity index (χ2n) is 10.9. The summed E-state index contributed by atoms with van der Waals surface area (Å²) in [6.45, 7) is 1.07. The van der Waals surface area contributed by atoms with Crippen LogP contribution in [0.2, 0.25) is 10.2 Å². The summed E-state index contributed by atoms with van der Waals surface area (Å²) < 4.78 is 29.0. The Kier molecular flexibility index (Phi) is 7.50. The molecule has 2 amide bonds. The number of sulfonamides is 1. The molecule has 6 rings (SSSR count). The summed E-state index contributed by atoms with van der Waals surface area (Å²) in [4.78, 5) is 34.4. The van der Waals surface area contributed by atoms with Crippen LogP contribution in [0.5, 0.6) is 0 Å². The van der Waals surface area contributed by atoms with Crippen molar-refractivity contribution in [1.82, 2.24) is 19.5 Å². The summed E-state index contributed by atoms with van der Waals surface area (Å²) in [6, 6.07) is 13.0. The minimum absolute atomic E-state index is 0.0375. The Bertz CT molecular complexity index is 1570. The Balaban J connectivity index is 1.10. The van der Waals surface area contributed by atoms with Gasteiger partial charge in [-0.1, -0.05) is 41.4 Å². The van der Waals surface area contributed by atoms with Gasteiger partial charge in [0.2, 0.25) is 21.8 Å². The molecule has 11 heteroatoms. The van der Waals surface area contributed by atoms with Gasteiger partial charge in [-0.2, -0.15) is 4.72 Å². The predicted molar refractivity (Wildman–Crippen MR) is 154 cm³/mol. The number of pyridine rings is 1. The van der Waals surface area contributed by atoms with Crippen molar-refractivity contribution < 1.29 is 18.0 Å². The first-order valence-electron chi connectivity index (χ1n) is 13.6. The zero-order valence-electron chi connectivity index (χ0n) is 21.8. The number of halogens is 2. The fourth-order valence-electron chi connectivity index (χ4n) is 6.25. The zero-order chi connectivity index (χ0) is 28.0. The van der Waals surface area contributed by atoms with E-state index < -0.39 is 16.1 Å². The number of likely N-dealkylation sites (tertiary alicyclic amines) is 2. The molecule has 0 spiro atoms. The second-order valence-corrected chi connectivity index (χ2v) is 13.5. The van der Waals surface area contributed by atoms with Crippen LogP contribution < -0.4 is 4.72 Å². The van der Waals surface area contributed by atoms with Gasteiger partial charge in [-0.3, -0.25) is 9.59 Å². The van der Waals surface area contributed by atoms with Crippen molar-refractivity contribution in [3.05, 3.63) is 70.5 Å². The van der Waals surface area contributed by atoms with Gasteiger partial charge in [-0.05, 0) is 90.6 Å². The summed E-state index contributed by atoms with van der Waals surface area (Å²) in [5.41, 5.74) is 1.14. The molecule has 3 aromatic rings. The third-order valence-corrected chi connectivity index (χ3v) is 10.3. The molecule has 210 valence electrons. The lowest BCUT2D eigenvalue weighted by Gasteiger charge is -2.34. The van der Waals surface area contributed by atoms with Gasteiger partial charge in [-0.15, -0.1) is 0 Å². The molecule has 1 saturated carbocycles. The molecule has 0 radical (unpaired) electrons. The molecule has 1 aliphatic carbocycles. The van der Waals surface area contributed by atoms with Crippen molar-refractivity contribution in [3.63, 3.8) is 0 Å². The van der Waals surface area contributed by atoms with Crippen molar-refractivity contribution >= 4 is 55.8 Å². The minimum Gasteiger partial charge on any atom is -0.338 e. The molecule has 3 fully saturated rings. The minimum atomic E-state index is -3.95. The number of carbonyl (C=O) groups is 2. The van der Waals surface area contributed by atoms with E-state index in [0.29, 0.717) is 47.9 Å². The maximum absolute atomic E-state index is 13.4. The third kappa shape index (κ3) is 5.57. The fraction of sp³-hybridized carbons (Fsp3) is 0.414. The van der Waals surface area contributed by atoms with E-state index >= 15 is 0 Å². The third-order valence-electron chi connectivity index (χ3n) is 8.37. The molecule has 3 heterocycles. The summed E-state index contributed by atoms with van der Waals surface area (Å²) in [7, 11) is -3.95. The molecule has 2 saturated heterocycles. The van der Waals surface area contributed by atoms with E-state index in [-0.39, 0.29) is 29.3 Å². The normalized spacial score (nSPS) is 25.0. The fourth-order valence-corrected chi connectivity index (χ4v) is 7.81. The average Bonchev–Trinajstić information content (AvgIpc) is 3.57. The van der Waals surface area contributed by atoms with E-state index in [2.05, 4.69) is 9.71 Å². The van der Waals surface area contributed by atoms with Crippen molar-refractivity contribution in [2.75, 3.05) is 19.6 Å². The number of amides is 2. The van der Waals surface area contributed by atoms with E-state index in [1.54, 1.807) is 36.4 Å². The average molecular weight is 602 g/mol. The summed E-state index contributed by atoms with van der Waals surface area (Å²) in [6.07, 6.45) is 5.70. The highest BCUT2D eigenvalue weighted by Gasteiger charge is 2.49. The van der Waals surface area contributed by atoms with Gasteiger partial charge < -0.3 is 9.80 Å². The quantitative estimate of drug-likeness (QED) is 0.399. The predicted octanol–water partition coefficient (Wildman–Crippen LogP) is 4.61. The molecule has 2 aliphatic heterocycles. The zero-order valence-corrected chi connectivity index (χ0v) is 24.1. The molecular weight excluding hydrogens is 571 g/mol. The lowest BCUT2D eigenvalue weighted by molar-refractivity contribution is -0.143. The van der Waals surface area contributed by atoms with Crippen LogP contribution in [0.4, 0.5) is 0 Å². The maximum Gasteiger partial charge on any atom is 0.242 e. The van der Waals surface area contributed by atoms with Crippen LogP contribution in [0, 0.1) is 5.92 Å². The number of fused-ring (bicyclic) bond motifs is 1. The molecule has 8 nitrogen and oxygen atoms in total. The molecule has 0 bridgehead atoms. The molecule has 4 atom stereocenters. The van der Waals surface area contributed by atoms with Crippen LogP contribution in [0.1, 0.15) is 43.6 Å². The number of hydrogen-bond acceptors (Lipinski definition) is 5. The number of hydrogen-bond donors (Lipinski definition) is 1. The van der Waals surface area contributed by atoms with Gasteiger partial charge in [-0.25, -0.2) is 13.4 Å². The number of rotatable bonds is 7. The smallest absolute Gasteiger partial charge is 0.242 e. The standard InChI is InChI=1S/C29H30Cl2N4O4S/c30-21-8-5-19-14-22(9-6-18(19)13-21)40(38,39)33-25-3-1-11-34(29(25)37)17-28(36)35-12-2-4-26(35)24-15-23(24)20-7-10-27(31)32-16-20/h5-10,13-14,16,23-26,33H,1-4,11-12,15,17H2/t23-,24?,25-,26-/m0/s1. The number of benzene rings is 2. The van der Waals surface area contributed by atoms with Crippen molar-refractivity contribution in [2.45, 2.75) is 55.0 Å². The van der Waals surface area contributed by atoms with Crippen LogP contribution in [-0.2, 0) is 19.6 Å². The van der Waals surface area contributed by atoms with Gasteiger partial charge >= 0.3 is 0 Å². The highest BCUT2D eigenvalue weighted by molar-refractivity contribution is 7.89. The van der Waals surface area contributed by atoms with Crippen molar-refractivity contribution in [2.24, 2.45) is 5.92 Å². The Labute approximate surface area is 243 Å².